The molecule has 0 radical (unpaired) electrons. The topological polar surface area (TPSA) is 91.0 Å². The van der Waals surface area contributed by atoms with Gasteiger partial charge in [0.05, 0.1) is 6.20 Å². The molecule has 2 N–H and O–H groups in total. The molecule has 2 heterocycles. The summed E-state index contributed by atoms with van der Waals surface area (Å²) in [5, 5.41) is 15.8. The third kappa shape index (κ3) is 2.89. The second kappa shape index (κ2) is 6.06. The molecule has 2 aromatic rings. The number of hydrogen-bond acceptors (Lipinski definition) is 5. The molecule has 1 aliphatic rings. The van der Waals surface area contributed by atoms with Crippen LogP contribution < -0.4 is 10.6 Å². The van der Waals surface area contributed by atoms with Gasteiger partial charge in [-0.05, 0) is 31.7 Å². The summed E-state index contributed by atoms with van der Waals surface area (Å²) in [6, 6.07) is 5.92. The molecule has 0 bridgehead atoms. The number of furan rings is 1. The third-order valence-corrected chi connectivity index (χ3v) is 4.21. The van der Waals surface area contributed by atoms with Crippen molar-refractivity contribution in [2.24, 2.45) is 5.92 Å². The van der Waals surface area contributed by atoms with Crippen molar-refractivity contribution < 1.29 is 9.21 Å². The van der Waals surface area contributed by atoms with Gasteiger partial charge in [-0.1, -0.05) is 0 Å². The molecular formula is C16H18N4O2. The van der Waals surface area contributed by atoms with E-state index in [0.717, 1.165) is 36.9 Å². The van der Waals surface area contributed by atoms with Crippen LogP contribution in [0.25, 0.3) is 11.0 Å². The van der Waals surface area contributed by atoms with Crippen LogP contribution in [0.5, 0.6) is 0 Å². The van der Waals surface area contributed by atoms with Crippen molar-refractivity contribution in [1.82, 2.24) is 10.3 Å². The van der Waals surface area contributed by atoms with Gasteiger partial charge in [-0.2, -0.15) is 5.26 Å². The number of rotatable bonds is 3. The Balaban J connectivity index is 1.64. The standard InChI is InChI=1S/C16H18N4O2/c1-18-16(21)10-2-4-12(5-3-10)20-15-7-11-6-13(8-17)22-14(11)9-19-15/h6-7,9-10,12H,2-5H2,1H3,(H,18,21)(H,19,20). The van der Waals surface area contributed by atoms with Crippen molar-refractivity contribution in [3.8, 4) is 6.07 Å². The summed E-state index contributed by atoms with van der Waals surface area (Å²) in [4.78, 5) is 16.0. The summed E-state index contributed by atoms with van der Waals surface area (Å²) in [6.45, 7) is 0. The van der Waals surface area contributed by atoms with Crippen LogP contribution in [0.2, 0.25) is 0 Å². The van der Waals surface area contributed by atoms with Gasteiger partial charge in [0.1, 0.15) is 11.9 Å². The number of hydrogen-bond donors (Lipinski definition) is 2. The van der Waals surface area contributed by atoms with E-state index in [2.05, 4.69) is 15.6 Å². The lowest BCUT2D eigenvalue weighted by atomic mass is 9.85. The third-order valence-electron chi connectivity index (χ3n) is 4.21. The molecule has 0 unspecified atom stereocenters. The van der Waals surface area contributed by atoms with Gasteiger partial charge in [-0.25, -0.2) is 4.98 Å². The zero-order valence-corrected chi connectivity index (χ0v) is 12.4. The maximum atomic E-state index is 11.6. The molecule has 2 aromatic heterocycles. The first-order valence-corrected chi connectivity index (χ1v) is 7.47. The summed E-state index contributed by atoms with van der Waals surface area (Å²) in [5.41, 5.74) is 0.616. The van der Waals surface area contributed by atoms with Gasteiger partial charge in [0.25, 0.3) is 0 Å². The first-order valence-electron chi connectivity index (χ1n) is 7.47. The molecule has 3 rings (SSSR count). The Morgan fingerprint density at radius 3 is 2.82 bits per heavy atom. The Kier molecular flexibility index (Phi) is 3.96. The Bertz CT molecular complexity index is 723. The quantitative estimate of drug-likeness (QED) is 0.908. The fourth-order valence-electron chi connectivity index (χ4n) is 2.99. The SMILES string of the molecule is CNC(=O)C1CCC(Nc2cc3cc(C#N)oc3cn2)CC1. The predicted octanol–water partition coefficient (Wildman–Crippen LogP) is 2.42. The minimum absolute atomic E-state index is 0.130. The normalized spacial score (nSPS) is 21.3. The van der Waals surface area contributed by atoms with Crippen molar-refractivity contribution in [2.75, 3.05) is 12.4 Å². The van der Waals surface area contributed by atoms with Gasteiger partial charge in [-0.15, -0.1) is 0 Å². The Hall–Kier alpha value is -2.55. The molecule has 6 nitrogen and oxygen atoms in total. The van der Waals surface area contributed by atoms with Gasteiger partial charge < -0.3 is 15.1 Å². The number of aromatic nitrogens is 1. The van der Waals surface area contributed by atoms with E-state index >= 15 is 0 Å². The van der Waals surface area contributed by atoms with Crippen LogP contribution in [0.3, 0.4) is 0 Å². The molecule has 1 amide bonds. The van der Waals surface area contributed by atoms with E-state index in [9.17, 15) is 4.79 Å². The maximum absolute atomic E-state index is 11.6. The molecule has 22 heavy (non-hydrogen) atoms. The highest BCUT2D eigenvalue weighted by atomic mass is 16.3. The number of nitrogens with one attached hydrogen (secondary N) is 2. The van der Waals surface area contributed by atoms with E-state index in [1.54, 1.807) is 19.3 Å². The number of carbonyl (C=O) groups is 1. The van der Waals surface area contributed by atoms with E-state index in [1.807, 2.05) is 12.1 Å². The maximum Gasteiger partial charge on any atom is 0.222 e. The zero-order chi connectivity index (χ0) is 15.5. The van der Waals surface area contributed by atoms with Gasteiger partial charge in [-0.3, -0.25) is 4.79 Å². The molecule has 0 aromatic carbocycles. The van der Waals surface area contributed by atoms with Gasteiger partial charge in [0, 0.05) is 30.5 Å². The number of fused-ring (bicyclic) bond motifs is 1. The second-order valence-electron chi connectivity index (χ2n) is 5.64. The van der Waals surface area contributed by atoms with Crippen molar-refractivity contribution >= 4 is 22.7 Å². The number of anilines is 1. The Morgan fingerprint density at radius 2 is 2.14 bits per heavy atom. The van der Waals surface area contributed by atoms with Crippen LogP contribution in [0, 0.1) is 17.2 Å². The smallest absolute Gasteiger partial charge is 0.222 e. The summed E-state index contributed by atoms with van der Waals surface area (Å²) in [7, 11) is 1.69. The number of amides is 1. The molecule has 1 fully saturated rings. The average Bonchev–Trinajstić information content (AvgIpc) is 2.97. The fourth-order valence-corrected chi connectivity index (χ4v) is 2.99. The minimum Gasteiger partial charge on any atom is -0.444 e. The summed E-state index contributed by atoms with van der Waals surface area (Å²) < 4.78 is 5.32. The van der Waals surface area contributed by atoms with Crippen molar-refractivity contribution in [2.45, 2.75) is 31.7 Å². The van der Waals surface area contributed by atoms with Crippen LogP contribution in [-0.2, 0) is 4.79 Å². The van der Waals surface area contributed by atoms with E-state index in [0.29, 0.717) is 17.4 Å². The number of nitrogens with zero attached hydrogens (tertiary/aromatic N) is 2. The van der Waals surface area contributed by atoms with Crippen LogP contribution in [0.4, 0.5) is 5.82 Å². The lowest BCUT2D eigenvalue weighted by molar-refractivity contribution is -0.125. The molecule has 1 aliphatic carbocycles. The minimum atomic E-state index is 0.130. The highest BCUT2D eigenvalue weighted by molar-refractivity contribution is 5.80. The van der Waals surface area contributed by atoms with Crippen molar-refractivity contribution in [1.29, 1.82) is 5.26 Å². The van der Waals surface area contributed by atoms with Crippen LogP contribution in [0.15, 0.2) is 22.7 Å². The first-order chi connectivity index (χ1) is 10.7. The molecule has 0 aliphatic heterocycles. The number of carbonyl (C=O) groups excluding carboxylic acids is 1. The van der Waals surface area contributed by atoms with Crippen molar-refractivity contribution in [3.63, 3.8) is 0 Å². The first kappa shape index (κ1) is 14.4. The van der Waals surface area contributed by atoms with E-state index in [-0.39, 0.29) is 11.8 Å². The molecule has 6 heteroatoms. The molecular weight excluding hydrogens is 280 g/mol. The summed E-state index contributed by atoms with van der Waals surface area (Å²) >= 11 is 0. The van der Waals surface area contributed by atoms with E-state index < -0.39 is 0 Å². The zero-order valence-electron chi connectivity index (χ0n) is 12.4. The highest BCUT2D eigenvalue weighted by Crippen LogP contribution is 2.27. The lowest BCUT2D eigenvalue weighted by Gasteiger charge is -2.28. The fraction of sp³-hybridized carbons (Fsp3) is 0.438. The van der Waals surface area contributed by atoms with E-state index in [1.165, 1.54) is 0 Å². The van der Waals surface area contributed by atoms with Crippen LogP contribution in [-0.4, -0.2) is 24.0 Å². The van der Waals surface area contributed by atoms with Gasteiger partial charge in [0.2, 0.25) is 11.7 Å². The predicted molar refractivity (Wildman–Crippen MR) is 82.2 cm³/mol. The van der Waals surface area contributed by atoms with Crippen LogP contribution in [0.1, 0.15) is 31.4 Å². The largest absolute Gasteiger partial charge is 0.444 e. The number of pyridine rings is 1. The van der Waals surface area contributed by atoms with Gasteiger partial charge >= 0.3 is 0 Å². The van der Waals surface area contributed by atoms with E-state index in [4.69, 9.17) is 9.68 Å². The van der Waals surface area contributed by atoms with Gasteiger partial charge in [0.15, 0.2) is 5.58 Å². The Morgan fingerprint density at radius 1 is 1.36 bits per heavy atom. The average molecular weight is 298 g/mol. The molecule has 114 valence electrons. The molecule has 0 saturated heterocycles. The molecule has 1 saturated carbocycles. The summed E-state index contributed by atoms with van der Waals surface area (Å²) in [5.74, 6) is 1.34. The van der Waals surface area contributed by atoms with Crippen LogP contribution >= 0.6 is 0 Å². The molecule has 0 atom stereocenters. The molecule has 0 spiro atoms. The summed E-state index contributed by atoms with van der Waals surface area (Å²) in [6.07, 6.45) is 5.32. The second-order valence-corrected chi connectivity index (χ2v) is 5.64. The monoisotopic (exact) mass is 298 g/mol. The Labute approximate surface area is 128 Å². The van der Waals surface area contributed by atoms with Crippen molar-refractivity contribution in [3.05, 3.63) is 24.1 Å². The highest BCUT2D eigenvalue weighted by Gasteiger charge is 2.25. The lowest BCUT2D eigenvalue weighted by Crippen LogP contribution is -2.34. The number of nitriles is 1.